The second kappa shape index (κ2) is 4.42. The smallest absolute Gasteiger partial charge is 0.239 e. The van der Waals surface area contributed by atoms with Gasteiger partial charge in [0, 0.05) is 13.1 Å². The molecule has 4 nitrogen and oxygen atoms in total. The molecule has 4 heteroatoms. The van der Waals surface area contributed by atoms with Crippen LogP contribution in [0.5, 0.6) is 0 Å². The molecule has 1 heterocycles. The molecular weight excluding hydrogens is 156 g/mol. The van der Waals surface area contributed by atoms with Gasteiger partial charge in [0.1, 0.15) is 6.04 Å². The quantitative estimate of drug-likeness (QED) is 0.573. The summed E-state index contributed by atoms with van der Waals surface area (Å²) < 4.78 is 0. The van der Waals surface area contributed by atoms with E-state index >= 15 is 0 Å². The number of rotatable bonds is 2. The van der Waals surface area contributed by atoms with Gasteiger partial charge in [-0.25, -0.2) is 0 Å². The van der Waals surface area contributed by atoms with Crippen molar-refractivity contribution in [2.45, 2.75) is 19.4 Å². The van der Waals surface area contributed by atoms with Crippen molar-refractivity contribution in [1.82, 2.24) is 10.2 Å². The molecule has 1 saturated heterocycles. The summed E-state index contributed by atoms with van der Waals surface area (Å²) in [5.74, 6) is -0.0446. The molecule has 1 fully saturated rings. The van der Waals surface area contributed by atoms with Crippen LogP contribution in [0.3, 0.4) is 0 Å². The zero-order chi connectivity index (χ0) is 8.97. The van der Waals surface area contributed by atoms with Gasteiger partial charge in [-0.2, -0.15) is 0 Å². The lowest BCUT2D eigenvalue weighted by Gasteiger charge is -2.24. The van der Waals surface area contributed by atoms with Crippen molar-refractivity contribution < 1.29 is 9.90 Å². The summed E-state index contributed by atoms with van der Waals surface area (Å²) in [4.78, 5) is 13.3. The number of nitrogens with one attached hydrogen (secondary N) is 1. The Balaban J connectivity index is 2.62. The van der Waals surface area contributed by atoms with Crippen LogP contribution >= 0.6 is 0 Å². The van der Waals surface area contributed by atoms with Crippen molar-refractivity contribution in [2.75, 3.05) is 26.2 Å². The summed E-state index contributed by atoms with van der Waals surface area (Å²) in [6.45, 7) is 4.35. The van der Waals surface area contributed by atoms with Crippen LogP contribution in [-0.4, -0.2) is 48.2 Å². The monoisotopic (exact) mass is 172 g/mol. The van der Waals surface area contributed by atoms with E-state index in [0.717, 1.165) is 26.1 Å². The number of nitrogens with zero attached hydrogens (tertiary/aromatic N) is 1. The van der Waals surface area contributed by atoms with E-state index in [9.17, 15) is 4.79 Å². The first-order valence-electron chi connectivity index (χ1n) is 4.42. The molecule has 1 atom stereocenters. The fourth-order valence-corrected chi connectivity index (χ4v) is 1.51. The minimum atomic E-state index is -0.336. The summed E-state index contributed by atoms with van der Waals surface area (Å²) in [5, 5.41) is 11.8. The van der Waals surface area contributed by atoms with E-state index in [2.05, 4.69) is 5.32 Å². The van der Waals surface area contributed by atoms with E-state index < -0.39 is 0 Å². The number of aliphatic hydroxyl groups is 1. The standard InChI is InChI=1S/C8H16N2O2/c1-2-10-5-3-4-9-8(12)7(10)6-11/h7,11H,2-6H2,1H3,(H,9,12). The Morgan fingerprint density at radius 1 is 1.75 bits per heavy atom. The van der Waals surface area contributed by atoms with E-state index in [0.29, 0.717) is 0 Å². The predicted octanol–water partition coefficient (Wildman–Crippen LogP) is -0.811. The number of carbonyl (C=O) groups is 1. The van der Waals surface area contributed by atoms with Crippen LogP contribution in [0.4, 0.5) is 0 Å². The van der Waals surface area contributed by atoms with Crippen LogP contribution < -0.4 is 5.32 Å². The van der Waals surface area contributed by atoms with E-state index in [1.165, 1.54) is 0 Å². The van der Waals surface area contributed by atoms with E-state index in [1.54, 1.807) is 0 Å². The maximum Gasteiger partial charge on any atom is 0.239 e. The topological polar surface area (TPSA) is 52.6 Å². The molecule has 0 aliphatic carbocycles. The Morgan fingerprint density at radius 2 is 2.50 bits per heavy atom. The molecule has 2 N–H and O–H groups in total. The molecule has 1 amide bonds. The third-order valence-electron chi connectivity index (χ3n) is 2.24. The number of hydrogen-bond acceptors (Lipinski definition) is 3. The molecule has 0 bridgehead atoms. The van der Waals surface area contributed by atoms with Crippen molar-refractivity contribution in [3.63, 3.8) is 0 Å². The van der Waals surface area contributed by atoms with E-state index in [-0.39, 0.29) is 18.6 Å². The minimum Gasteiger partial charge on any atom is -0.394 e. The average molecular weight is 172 g/mol. The largest absolute Gasteiger partial charge is 0.394 e. The summed E-state index contributed by atoms with van der Waals surface area (Å²) >= 11 is 0. The van der Waals surface area contributed by atoms with Gasteiger partial charge in [-0.3, -0.25) is 9.69 Å². The zero-order valence-corrected chi connectivity index (χ0v) is 7.42. The lowest BCUT2D eigenvalue weighted by Crippen LogP contribution is -2.46. The number of likely N-dealkylation sites (N-methyl/N-ethyl adjacent to an activating group) is 1. The third-order valence-corrected chi connectivity index (χ3v) is 2.24. The molecule has 1 rings (SSSR count). The molecule has 0 radical (unpaired) electrons. The Bertz CT molecular complexity index is 161. The van der Waals surface area contributed by atoms with Crippen LogP contribution in [0.25, 0.3) is 0 Å². The number of hydrogen-bond donors (Lipinski definition) is 2. The van der Waals surface area contributed by atoms with Crippen molar-refractivity contribution in [1.29, 1.82) is 0 Å². The maximum absolute atomic E-state index is 11.3. The van der Waals surface area contributed by atoms with Crippen LogP contribution in [0.15, 0.2) is 0 Å². The van der Waals surface area contributed by atoms with Gasteiger partial charge in [-0.15, -0.1) is 0 Å². The van der Waals surface area contributed by atoms with Gasteiger partial charge in [-0.1, -0.05) is 6.92 Å². The van der Waals surface area contributed by atoms with Gasteiger partial charge >= 0.3 is 0 Å². The minimum absolute atomic E-state index is 0.0446. The van der Waals surface area contributed by atoms with Gasteiger partial charge in [0.2, 0.25) is 5.91 Å². The van der Waals surface area contributed by atoms with Crippen molar-refractivity contribution >= 4 is 5.91 Å². The highest BCUT2D eigenvalue weighted by molar-refractivity contribution is 5.82. The van der Waals surface area contributed by atoms with Gasteiger partial charge in [-0.05, 0) is 13.0 Å². The molecule has 0 aromatic heterocycles. The highest BCUT2D eigenvalue weighted by Gasteiger charge is 2.25. The Hall–Kier alpha value is -0.610. The van der Waals surface area contributed by atoms with Gasteiger partial charge < -0.3 is 10.4 Å². The predicted molar refractivity (Wildman–Crippen MR) is 45.7 cm³/mol. The molecule has 12 heavy (non-hydrogen) atoms. The summed E-state index contributed by atoms with van der Waals surface area (Å²) in [7, 11) is 0. The van der Waals surface area contributed by atoms with Gasteiger partial charge in [0.05, 0.1) is 6.61 Å². The highest BCUT2D eigenvalue weighted by Crippen LogP contribution is 2.03. The van der Waals surface area contributed by atoms with E-state index in [1.807, 2.05) is 11.8 Å². The molecule has 1 aliphatic rings. The van der Waals surface area contributed by atoms with Gasteiger partial charge in [0.25, 0.3) is 0 Å². The first kappa shape index (κ1) is 9.48. The highest BCUT2D eigenvalue weighted by atomic mass is 16.3. The molecule has 0 saturated carbocycles. The molecule has 0 spiro atoms. The van der Waals surface area contributed by atoms with Crippen LogP contribution in [0.1, 0.15) is 13.3 Å². The Morgan fingerprint density at radius 3 is 3.08 bits per heavy atom. The lowest BCUT2D eigenvalue weighted by atomic mass is 10.2. The molecule has 1 aliphatic heterocycles. The SMILES string of the molecule is CCN1CCCNC(=O)C1CO. The molecular formula is C8H16N2O2. The molecule has 1 unspecified atom stereocenters. The van der Waals surface area contributed by atoms with Crippen molar-refractivity contribution in [3.05, 3.63) is 0 Å². The lowest BCUT2D eigenvalue weighted by molar-refractivity contribution is -0.126. The molecule has 0 aromatic rings. The second-order valence-corrected chi connectivity index (χ2v) is 2.97. The second-order valence-electron chi connectivity index (χ2n) is 2.97. The van der Waals surface area contributed by atoms with Gasteiger partial charge in [0.15, 0.2) is 0 Å². The number of carbonyl (C=O) groups excluding carboxylic acids is 1. The molecule has 70 valence electrons. The average Bonchev–Trinajstić information content (AvgIpc) is 2.26. The van der Waals surface area contributed by atoms with E-state index in [4.69, 9.17) is 5.11 Å². The van der Waals surface area contributed by atoms with Crippen LogP contribution in [-0.2, 0) is 4.79 Å². The fraction of sp³-hybridized carbons (Fsp3) is 0.875. The Kier molecular flexibility index (Phi) is 3.49. The fourth-order valence-electron chi connectivity index (χ4n) is 1.51. The summed E-state index contributed by atoms with van der Waals surface area (Å²) in [5.41, 5.74) is 0. The third kappa shape index (κ3) is 1.95. The molecule has 0 aromatic carbocycles. The number of aliphatic hydroxyl groups excluding tert-OH is 1. The van der Waals surface area contributed by atoms with Crippen LogP contribution in [0, 0.1) is 0 Å². The van der Waals surface area contributed by atoms with Crippen molar-refractivity contribution in [3.8, 4) is 0 Å². The Labute approximate surface area is 72.6 Å². The maximum atomic E-state index is 11.3. The van der Waals surface area contributed by atoms with Crippen LogP contribution in [0.2, 0.25) is 0 Å². The zero-order valence-electron chi connectivity index (χ0n) is 7.42. The first-order valence-corrected chi connectivity index (χ1v) is 4.42. The normalized spacial score (nSPS) is 26.5. The van der Waals surface area contributed by atoms with Crippen molar-refractivity contribution in [2.24, 2.45) is 0 Å². The number of amides is 1. The summed E-state index contributed by atoms with van der Waals surface area (Å²) in [6, 6.07) is -0.336. The summed E-state index contributed by atoms with van der Waals surface area (Å²) in [6.07, 6.45) is 0.968. The first-order chi connectivity index (χ1) is 5.79.